The second kappa shape index (κ2) is 8.36. The summed E-state index contributed by atoms with van der Waals surface area (Å²) in [5, 5.41) is 10.8. The van der Waals surface area contributed by atoms with Crippen molar-refractivity contribution in [1.29, 1.82) is 0 Å². The van der Waals surface area contributed by atoms with Crippen LogP contribution in [0.25, 0.3) is 0 Å². The van der Waals surface area contributed by atoms with E-state index in [1.165, 1.54) is 6.08 Å². The molecule has 5 nitrogen and oxygen atoms in total. The average molecular weight is 503 g/mol. The maximum Gasteiger partial charge on any atom is 0.306 e. The van der Waals surface area contributed by atoms with Gasteiger partial charge >= 0.3 is 5.97 Å². The first kappa shape index (κ1) is 25.7. The van der Waals surface area contributed by atoms with E-state index in [1.807, 2.05) is 0 Å². The van der Waals surface area contributed by atoms with E-state index in [0.717, 1.165) is 0 Å². The molecule has 0 heterocycles. The van der Waals surface area contributed by atoms with Crippen molar-refractivity contribution in [2.24, 2.45) is 28.6 Å². The van der Waals surface area contributed by atoms with Crippen LogP contribution < -0.4 is 0 Å². The largest absolute Gasteiger partial charge is 0.449 e. The molecule has 4 aliphatic rings. The molecule has 4 aliphatic carbocycles. The Balaban J connectivity index is 1.86. The van der Waals surface area contributed by atoms with Gasteiger partial charge in [0, 0.05) is 35.5 Å². The molecule has 9 heteroatoms. The predicted octanol–water partition coefficient (Wildman–Crippen LogP) is 4.65. The second-order valence-electron chi connectivity index (χ2n) is 11.0. The third kappa shape index (κ3) is 3.07. The SMILES string of the molecule is CCC(=O)O[C@]1(C(=O)SCF)[C@H](C)CC2C3C[C@H](F)C4=CC(=O)CC[C@]4(C)C3(F)[C@@H](O)C[C@@]21C. The fourth-order valence-electron chi connectivity index (χ4n) is 7.98. The highest BCUT2D eigenvalue weighted by Gasteiger charge is 2.78. The molecule has 3 fully saturated rings. The summed E-state index contributed by atoms with van der Waals surface area (Å²) in [4.78, 5) is 37.9. The number of hydrogen-bond acceptors (Lipinski definition) is 6. The number of ether oxygens (including phenoxy) is 1. The maximum atomic E-state index is 17.3. The number of thioether (sulfide) groups is 1. The fraction of sp³-hybridized carbons (Fsp3) is 0.800. The molecule has 0 aromatic carbocycles. The topological polar surface area (TPSA) is 80.7 Å². The molecule has 9 atom stereocenters. The molecule has 190 valence electrons. The first-order valence-electron chi connectivity index (χ1n) is 12.0. The number of carbonyl (C=O) groups is 3. The molecule has 0 aliphatic heterocycles. The smallest absolute Gasteiger partial charge is 0.306 e. The van der Waals surface area contributed by atoms with Gasteiger partial charge in [-0.2, -0.15) is 0 Å². The summed E-state index contributed by atoms with van der Waals surface area (Å²) in [6.45, 7) is 6.58. The molecular formula is C25H33F3O5S. The summed E-state index contributed by atoms with van der Waals surface area (Å²) in [6, 6.07) is -1.01. The molecule has 0 spiro atoms. The summed E-state index contributed by atoms with van der Waals surface area (Å²) in [6.07, 6.45) is -1.94. The van der Waals surface area contributed by atoms with Crippen LogP contribution in [-0.2, 0) is 19.1 Å². The van der Waals surface area contributed by atoms with Gasteiger partial charge < -0.3 is 9.84 Å². The van der Waals surface area contributed by atoms with Gasteiger partial charge in [0.1, 0.15) is 17.8 Å². The van der Waals surface area contributed by atoms with Crippen LogP contribution in [0.5, 0.6) is 0 Å². The van der Waals surface area contributed by atoms with E-state index >= 15 is 8.78 Å². The minimum absolute atomic E-state index is 0.00533. The lowest BCUT2D eigenvalue weighted by molar-refractivity contribution is -0.236. The highest BCUT2D eigenvalue weighted by atomic mass is 32.2. The fourth-order valence-corrected chi connectivity index (χ4v) is 8.77. The quantitative estimate of drug-likeness (QED) is 0.564. The Labute approximate surface area is 202 Å². The number of carbonyl (C=O) groups excluding carboxylic acids is 3. The Kier molecular flexibility index (Phi) is 6.32. The van der Waals surface area contributed by atoms with E-state index in [1.54, 1.807) is 27.7 Å². The molecular weight excluding hydrogens is 469 g/mol. The molecule has 34 heavy (non-hydrogen) atoms. The van der Waals surface area contributed by atoms with Gasteiger partial charge in [0.2, 0.25) is 5.12 Å². The third-order valence-electron chi connectivity index (χ3n) is 9.62. The number of allylic oxidation sites excluding steroid dienone is 1. The van der Waals surface area contributed by atoms with Crippen molar-refractivity contribution in [3.8, 4) is 0 Å². The van der Waals surface area contributed by atoms with Crippen molar-refractivity contribution in [3.05, 3.63) is 11.6 Å². The number of hydrogen-bond donors (Lipinski definition) is 1. The van der Waals surface area contributed by atoms with E-state index in [9.17, 15) is 23.9 Å². The lowest BCUT2D eigenvalue weighted by Gasteiger charge is -2.64. The highest BCUT2D eigenvalue weighted by molar-refractivity contribution is 8.13. The van der Waals surface area contributed by atoms with Gasteiger partial charge in [0.15, 0.2) is 11.4 Å². The first-order valence-corrected chi connectivity index (χ1v) is 13.0. The van der Waals surface area contributed by atoms with Crippen molar-refractivity contribution in [3.63, 3.8) is 0 Å². The number of aliphatic hydroxyl groups is 1. The van der Waals surface area contributed by atoms with Crippen LogP contribution in [0.15, 0.2) is 11.6 Å². The van der Waals surface area contributed by atoms with E-state index in [4.69, 9.17) is 4.74 Å². The van der Waals surface area contributed by atoms with Crippen molar-refractivity contribution in [2.45, 2.75) is 89.8 Å². The van der Waals surface area contributed by atoms with Crippen LogP contribution >= 0.6 is 11.8 Å². The molecule has 0 amide bonds. The maximum absolute atomic E-state index is 17.3. The van der Waals surface area contributed by atoms with Crippen molar-refractivity contribution in [1.82, 2.24) is 0 Å². The Morgan fingerprint density at radius 1 is 1.26 bits per heavy atom. The average Bonchev–Trinajstić information content (AvgIpc) is 2.99. The van der Waals surface area contributed by atoms with Crippen molar-refractivity contribution in [2.75, 3.05) is 6.01 Å². The van der Waals surface area contributed by atoms with Crippen molar-refractivity contribution >= 4 is 28.6 Å². The number of alkyl halides is 3. The van der Waals surface area contributed by atoms with Crippen LogP contribution in [0, 0.1) is 28.6 Å². The van der Waals surface area contributed by atoms with Gasteiger partial charge in [-0.3, -0.25) is 14.4 Å². The van der Waals surface area contributed by atoms with E-state index in [2.05, 4.69) is 0 Å². The predicted molar refractivity (Wildman–Crippen MR) is 121 cm³/mol. The molecule has 3 saturated carbocycles. The van der Waals surface area contributed by atoms with Gasteiger partial charge in [-0.05, 0) is 55.0 Å². The zero-order valence-corrected chi connectivity index (χ0v) is 20.9. The molecule has 0 radical (unpaired) electrons. The zero-order valence-electron chi connectivity index (χ0n) is 20.0. The van der Waals surface area contributed by atoms with Crippen LogP contribution in [0.4, 0.5) is 13.2 Å². The van der Waals surface area contributed by atoms with Crippen LogP contribution in [0.3, 0.4) is 0 Å². The van der Waals surface area contributed by atoms with E-state index in [-0.39, 0.29) is 49.9 Å². The van der Waals surface area contributed by atoms with Crippen LogP contribution in [-0.4, -0.2) is 51.5 Å². The molecule has 4 rings (SSSR count). The Hall–Kier alpha value is -1.35. The van der Waals surface area contributed by atoms with Gasteiger partial charge in [0.05, 0.1) is 6.10 Å². The highest BCUT2D eigenvalue weighted by Crippen LogP contribution is 2.72. The summed E-state index contributed by atoms with van der Waals surface area (Å²) >= 11 is 0.407. The number of ketones is 1. The van der Waals surface area contributed by atoms with Crippen LogP contribution in [0.1, 0.15) is 66.2 Å². The van der Waals surface area contributed by atoms with Gasteiger partial charge in [-0.1, -0.05) is 27.7 Å². The summed E-state index contributed by atoms with van der Waals surface area (Å²) < 4.78 is 51.9. The first-order chi connectivity index (χ1) is 15.8. The van der Waals surface area contributed by atoms with Gasteiger partial charge in [-0.15, -0.1) is 0 Å². The molecule has 0 aromatic rings. The lowest BCUT2D eigenvalue weighted by Crippen LogP contribution is -2.71. The number of fused-ring (bicyclic) bond motifs is 5. The number of halogens is 3. The van der Waals surface area contributed by atoms with E-state index in [0.29, 0.717) is 11.8 Å². The number of aliphatic hydroxyl groups excluding tert-OH is 1. The summed E-state index contributed by atoms with van der Waals surface area (Å²) in [7, 11) is 0. The molecule has 1 N–H and O–H groups in total. The molecule has 0 saturated heterocycles. The normalized spacial score (nSPS) is 47.8. The minimum atomic E-state index is -2.22. The molecule has 0 aromatic heterocycles. The lowest BCUT2D eigenvalue weighted by atomic mass is 9.43. The van der Waals surface area contributed by atoms with Gasteiger partial charge in [-0.25, -0.2) is 13.2 Å². The minimum Gasteiger partial charge on any atom is -0.449 e. The number of esters is 1. The standard InChI is InChI=1S/C25H33F3O5S/c1-5-20(31)33-25(21(32)34-12-26)13(2)8-15-16-10-18(27)17-9-14(29)6-7-22(17,3)24(16,28)19(30)11-23(15,25)4/h9,13,15-16,18-19,30H,5-8,10-12H2,1-4H3/t13-,15?,16?,18+,19+,22+,23+,24?,25+/m1/s1. The molecule has 3 unspecified atom stereocenters. The van der Waals surface area contributed by atoms with Crippen LogP contribution in [0.2, 0.25) is 0 Å². The zero-order chi connectivity index (χ0) is 25.3. The molecule has 0 bridgehead atoms. The van der Waals surface area contributed by atoms with Gasteiger partial charge in [0.25, 0.3) is 0 Å². The summed E-state index contributed by atoms with van der Waals surface area (Å²) in [5.41, 5.74) is -6.44. The Morgan fingerprint density at radius 2 is 1.94 bits per heavy atom. The monoisotopic (exact) mass is 502 g/mol. The van der Waals surface area contributed by atoms with Crippen molar-refractivity contribution < 1.29 is 37.4 Å². The second-order valence-corrected chi connectivity index (χ2v) is 11.8. The van der Waals surface area contributed by atoms with E-state index < -0.39 is 69.2 Å². The summed E-state index contributed by atoms with van der Waals surface area (Å²) in [5.74, 6) is -3.00. The Bertz CT molecular complexity index is 942. The Morgan fingerprint density at radius 3 is 2.56 bits per heavy atom. The third-order valence-corrected chi connectivity index (χ3v) is 10.3. The number of rotatable bonds is 4.